The molecule has 11 heteroatoms. The van der Waals surface area contributed by atoms with Gasteiger partial charge in [-0.15, -0.1) is 0 Å². The molecule has 0 aliphatic carbocycles. The third-order valence-electron chi connectivity index (χ3n) is 6.91. The van der Waals surface area contributed by atoms with Gasteiger partial charge in [-0.2, -0.15) is 23.5 Å². The lowest BCUT2D eigenvalue weighted by Crippen LogP contribution is -2.44. The zero-order valence-corrected chi connectivity index (χ0v) is 19.7. The van der Waals surface area contributed by atoms with Crippen LogP contribution in [-0.4, -0.2) is 45.2 Å². The summed E-state index contributed by atoms with van der Waals surface area (Å²) < 4.78 is 41.1. The molecule has 0 radical (unpaired) electrons. The number of aromatic nitrogens is 3. The Labute approximate surface area is 204 Å². The van der Waals surface area contributed by atoms with Crippen LogP contribution in [0.5, 0.6) is 0 Å². The fourth-order valence-electron chi connectivity index (χ4n) is 5.17. The highest BCUT2D eigenvalue weighted by molar-refractivity contribution is 6.31. The number of piperidine rings is 1. The molecule has 1 aromatic carbocycles. The predicted octanol–water partition coefficient (Wildman–Crippen LogP) is 4.31. The van der Waals surface area contributed by atoms with Crippen LogP contribution in [0.2, 0.25) is 5.02 Å². The third-order valence-corrected chi connectivity index (χ3v) is 7.14. The van der Waals surface area contributed by atoms with Crippen molar-refractivity contribution in [3.8, 4) is 6.07 Å². The van der Waals surface area contributed by atoms with Crippen molar-refractivity contribution in [3.63, 3.8) is 0 Å². The van der Waals surface area contributed by atoms with Crippen LogP contribution in [0.3, 0.4) is 0 Å². The first-order valence-electron chi connectivity index (χ1n) is 11.3. The van der Waals surface area contributed by atoms with Crippen LogP contribution in [0, 0.1) is 17.2 Å². The van der Waals surface area contributed by atoms with E-state index in [9.17, 15) is 23.2 Å². The summed E-state index contributed by atoms with van der Waals surface area (Å²) in [6.07, 6.45) is -1.66. The molecule has 0 spiro atoms. The Morgan fingerprint density at radius 3 is 2.66 bits per heavy atom. The molecule has 1 fully saturated rings. The summed E-state index contributed by atoms with van der Waals surface area (Å²) in [5.74, 6) is -0.279. The van der Waals surface area contributed by atoms with E-state index in [-0.39, 0.29) is 36.9 Å². The van der Waals surface area contributed by atoms with Crippen LogP contribution >= 0.6 is 11.6 Å². The van der Waals surface area contributed by atoms with Gasteiger partial charge in [0.15, 0.2) is 5.69 Å². The smallest absolute Gasteiger partial charge is 0.370 e. The lowest BCUT2D eigenvalue weighted by atomic mass is 9.93. The average Bonchev–Trinajstić information content (AvgIpc) is 3.19. The predicted molar refractivity (Wildman–Crippen MR) is 124 cm³/mol. The minimum atomic E-state index is -4.51. The number of alkyl halides is 3. The molecule has 3 aromatic rings. The molecular formula is C24H22ClF3N6O. The average molecular weight is 503 g/mol. The molecule has 1 saturated heterocycles. The monoisotopic (exact) mass is 502 g/mol. The number of benzene rings is 1. The van der Waals surface area contributed by atoms with E-state index in [1.807, 2.05) is 6.07 Å². The Bertz CT molecular complexity index is 1350. The molecule has 5 rings (SSSR count). The summed E-state index contributed by atoms with van der Waals surface area (Å²) in [7, 11) is 1.48. The SMILES string of the molecule is Cn1nc(C(F)(F)F)c2c1CN(C(=O)C1CCN(c3c(C#N)cnc4ccc(Cl)cc34)CC1)CC2. The zero-order chi connectivity index (χ0) is 24.9. The number of pyridine rings is 1. The summed E-state index contributed by atoms with van der Waals surface area (Å²) in [5.41, 5.74) is 1.72. The van der Waals surface area contributed by atoms with E-state index in [0.29, 0.717) is 42.2 Å². The van der Waals surface area contributed by atoms with Gasteiger partial charge in [-0.1, -0.05) is 11.6 Å². The molecular weight excluding hydrogens is 481 g/mol. The summed E-state index contributed by atoms with van der Waals surface area (Å²) in [4.78, 5) is 21.4. The normalized spacial score (nSPS) is 16.9. The second kappa shape index (κ2) is 8.72. The van der Waals surface area contributed by atoms with Crippen molar-refractivity contribution in [2.75, 3.05) is 24.5 Å². The van der Waals surface area contributed by atoms with Crippen molar-refractivity contribution in [2.45, 2.75) is 32.0 Å². The molecule has 4 heterocycles. The summed E-state index contributed by atoms with van der Waals surface area (Å²) >= 11 is 6.20. The van der Waals surface area contributed by atoms with E-state index in [1.54, 1.807) is 23.2 Å². The van der Waals surface area contributed by atoms with Gasteiger partial charge in [0.05, 0.1) is 29.0 Å². The first-order chi connectivity index (χ1) is 16.7. The number of hydrogen-bond acceptors (Lipinski definition) is 5. The lowest BCUT2D eigenvalue weighted by molar-refractivity contribution is -0.142. The summed E-state index contributed by atoms with van der Waals surface area (Å²) in [6.45, 7) is 1.51. The first-order valence-corrected chi connectivity index (χ1v) is 11.7. The maximum absolute atomic E-state index is 13.3. The van der Waals surface area contributed by atoms with E-state index in [4.69, 9.17) is 11.6 Å². The number of anilines is 1. The van der Waals surface area contributed by atoms with E-state index >= 15 is 0 Å². The maximum atomic E-state index is 13.3. The largest absolute Gasteiger partial charge is 0.435 e. The van der Waals surface area contributed by atoms with Crippen LogP contribution in [0.25, 0.3) is 10.9 Å². The Kier molecular flexibility index (Phi) is 5.83. The van der Waals surface area contributed by atoms with E-state index < -0.39 is 11.9 Å². The molecule has 1 amide bonds. The minimum absolute atomic E-state index is 0.0480. The fraction of sp³-hybridized carbons (Fsp3) is 0.417. The molecule has 2 aromatic heterocycles. The topological polar surface area (TPSA) is 78.0 Å². The quantitative estimate of drug-likeness (QED) is 0.522. The van der Waals surface area contributed by atoms with E-state index in [0.717, 1.165) is 16.6 Å². The molecule has 0 atom stereocenters. The number of nitrogens with zero attached hydrogens (tertiary/aromatic N) is 6. The van der Waals surface area contributed by atoms with Crippen molar-refractivity contribution >= 4 is 34.1 Å². The van der Waals surface area contributed by atoms with Gasteiger partial charge in [-0.25, -0.2) is 0 Å². The number of hydrogen-bond donors (Lipinski definition) is 0. The third kappa shape index (κ3) is 4.18. The van der Waals surface area contributed by atoms with Crippen LogP contribution < -0.4 is 4.90 Å². The molecule has 0 N–H and O–H groups in total. The van der Waals surface area contributed by atoms with Gasteiger partial charge >= 0.3 is 6.18 Å². The number of aryl methyl sites for hydroxylation is 1. The van der Waals surface area contributed by atoms with Crippen LogP contribution in [0.4, 0.5) is 18.9 Å². The molecule has 182 valence electrons. The maximum Gasteiger partial charge on any atom is 0.435 e. The molecule has 0 unspecified atom stereocenters. The highest BCUT2D eigenvalue weighted by Crippen LogP contribution is 2.37. The first kappa shape index (κ1) is 23.4. The Morgan fingerprint density at radius 1 is 1.23 bits per heavy atom. The van der Waals surface area contributed by atoms with E-state index in [2.05, 4.69) is 21.1 Å². The van der Waals surface area contributed by atoms with Crippen molar-refractivity contribution in [1.29, 1.82) is 5.26 Å². The molecule has 0 bridgehead atoms. The molecule has 2 aliphatic heterocycles. The molecule has 0 saturated carbocycles. The standard InChI is InChI=1S/C24H22ClF3N6O/c1-32-20-13-34(9-6-17(20)22(31-32)24(26,27)28)23(35)14-4-7-33(8-5-14)21-15(11-29)12-30-19-3-2-16(25)10-18(19)21/h2-3,10,12,14H,4-9,13H2,1H3. The highest BCUT2D eigenvalue weighted by atomic mass is 35.5. The van der Waals surface area contributed by atoms with Gasteiger partial charge in [0.25, 0.3) is 0 Å². The summed E-state index contributed by atoms with van der Waals surface area (Å²) in [5, 5.41) is 14.7. The van der Waals surface area contributed by atoms with Crippen molar-refractivity contribution in [3.05, 3.63) is 51.9 Å². The Morgan fingerprint density at radius 2 is 1.97 bits per heavy atom. The number of rotatable bonds is 2. The number of carbonyl (C=O) groups is 1. The number of carbonyl (C=O) groups excluding carboxylic acids is 1. The Balaban J connectivity index is 1.32. The van der Waals surface area contributed by atoms with E-state index in [1.165, 1.54) is 11.7 Å². The van der Waals surface area contributed by atoms with Crippen LogP contribution in [0.1, 0.15) is 35.4 Å². The number of amides is 1. The molecule has 7 nitrogen and oxygen atoms in total. The number of nitriles is 1. The van der Waals surface area contributed by atoms with Crippen LogP contribution in [-0.2, 0) is 31.0 Å². The van der Waals surface area contributed by atoms with Gasteiger partial charge in [-0.3, -0.25) is 14.5 Å². The molecule has 35 heavy (non-hydrogen) atoms. The zero-order valence-electron chi connectivity index (χ0n) is 18.9. The fourth-order valence-corrected chi connectivity index (χ4v) is 5.34. The number of fused-ring (bicyclic) bond motifs is 2. The Hall–Kier alpha value is -3.32. The second-order valence-electron chi connectivity index (χ2n) is 8.96. The van der Waals surface area contributed by atoms with Gasteiger partial charge in [-0.05, 0) is 37.5 Å². The highest BCUT2D eigenvalue weighted by Gasteiger charge is 2.41. The van der Waals surface area contributed by atoms with Gasteiger partial charge < -0.3 is 9.80 Å². The molecule has 2 aliphatic rings. The van der Waals surface area contributed by atoms with Gasteiger partial charge in [0, 0.05) is 54.8 Å². The summed E-state index contributed by atoms with van der Waals surface area (Å²) in [6, 6.07) is 7.57. The van der Waals surface area contributed by atoms with Crippen LogP contribution in [0.15, 0.2) is 24.4 Å². The van der Waals surface area contributed by atoms with Crippen molar-refractivity contribution < 1.29 is 18.0 Å². The van der Waals surface area contributed by atoms with Gasteiger partial charge in [0.2, 0.25) is 5.91 Å². The van der Waals surface area contributed by atoms with Crippen molar-refractivity contribution in [2.24, 2.45) is 13.0 Å². The minimum Gasteiger partial charge on any atom is -0.370 e. The van der Waals surface area contributed by atoms with Gasteiger partial charge in [0.1, 0.15) is 6.07 Å². The number of halogens is 4. The lowest BCUT2D eigenvalue weighted by Gasteiger charge is -2.37. The van der Waals surface area contributed by atoms with Crippen molar-refractivity contribution in [1.82, 2.24) is 19.7 Å². The second-order valence-corrected chi connectivity index (χ2v) is 9.40.